The van der Waals surface area contributed by atoms with E-state index >= 15 is 0 Å². The molecular weight excluding hydrogens is 404 g/mol. The van der Waals surface area contributed by atoms with Crippen LogP contribution in [0.4, 0.5) is 5.95 Å². The molecule has 9 heteroatoms. The van der Waals surface area contributed by atoms with Crippen LogP contribution in [-0.4, -0.2) is 36.7 Å². The van der Waals surface area contributed by atoms with E-state index in [9.17, 15) is 10.4 Å². The predicted molar refractivity (Wildman–Crippen MR) is 122 cm³/mol. The molecule has 0 amide bonds. The molecule has 3 heterocycles. The van der Waals surface area contributed by atoms with Crippen molar-refractivity contribution in [1.29, 1.82) is 5.26 Å². The number of rotatable bonds is 4. The van der Waals surface area contributed by atoms with Crippen molar-refractivity contribution in [2.24, 2.45) is 0 Å². The summed E-state index contributed by atoms with van der Waals surface area (Å²) in [7, 11) is 1.65. The van der Waals surface area contributed by atoms with Crippen molar-refractivity contribution in [1.82, 2.24) is 29.8 Å². The van der Waals surface area contributed by atoms with E-state index in [0.717, 1.165) is 22.2 Å². The second kappa shape index (κ2) is 8.00. The molecule has 1 atom stereocenters. The maximum Gasteiger partial charge on any atom is 0.219 e. The molecule has 1 aromatic carbocycles. The minimum Gasteiger partial charge on any atom is -0.374 e. The number of nitriles is 1. The molecular formula is C23H24N8O. The number of imidazole rings is 1. The van der Waals surface area contributed by atoms with Gasteiger partial charge in [0, 0.05) is 29.1 Å². The molecule has 162 valence electrons. The van der Waals surface area contributed by atoms with Crippen LogP contribution in [0.1, 0.15) is 38.3 Å². The quantitative estimate of drug-likeness (QED) is 0.422. The summed E-state index contributed by atoms with van der Waals surface area (Å²) in [6.45, 7) is 6.21. The molecule has 4 rings (SSSR count). The minimum absolute atomic E-state index is 0.216. The zero-order valence-electron chi connectivity index (χ0n) is 18.3. The fourth-order valence-electron chi connectivity index (χ4n) is 3.67. The fraction of sp³-hybridized carbons (Fsp3) is 0.261. The van der Waals surface area contributed by atoms with Gasteiger partial charge in [-0.3, -0.25) is 5.32 Å². The number of aliphatic hydroxyl groups excluding tert-OH is 1. The van der Waals surface area contributed by atoms with Crippen LogP contribution in [0.15, 0.2) is 42.7 Å². The van der Waals surface area contributed by atoms with E-state index in [2.05, 4.69) is 51.7 Å². The summed E-state index contributed by atoms with van der Waals surface area (Å²) < 4.78 is 2.07. The highest BCUT2D eigenvalue weighted by atomic mass is 16.3. The van der Waals surface area contributed by atoms with Gasteiger partial charge in [0.05, 0.1) is 11.0 Å². The van der Waals surface area contributed by atoms with Gasteiger partial charge < -0.3 is 15.4 Å². The first-order chi connectivity index (χ1) is 15.2. The van der Waals surface area contributed by atoms with E-state index in [0.29, 0.717) is 17.1 Å². The summed E-state index contributed by atoms with van der Waals surface area (Å²) in [6, 6.07) is 11.3. The Bertz CT molecular complexity index is 1330. The lowest BCUT2D eigenvalue weighted by Crippen LogP contribution is -2.24. The lowest BCUT2D eigenvalue weighted by molar-refractivity contribution is 0.149. The van der Waals surface area contributed by atoms with E-state index in [1.807, 2.05) is 18.2 Å². The Balaban J connectivity index is 1.99. The predicted octanol–water partition coefficient (Wildman–Crippen LogP) is 2.97. The average Bonchev–Trinajstić information content (AvgIpc) is 3.17. The number of benzene rings is 1. The van der Waals surface area contributed by atoms with Crippen LogP contribution >= 0.6 is 0 Å². The van der Waals surface area contributed by atoms with Crippen molar-refractivity contribution >= 4 is 17.0 Å². The SMILES string of the molecule is CNC(O)c1ccc(C#N)nc1-c1nc2cc(-c3cnc(N)nc3)ccc2n1C(C)(C)C. The molecule has 4 N–H and O–H groups in total. The van der Waals surface area contributed by atoms with Gasteiger partial charge in [-0.1, -0.05) is 6.07 Å². The van der Waals surface area contributed by atoms with E-state index < -0.39 is 6.23 Å². The standard InChI is InChI=1S/C23H24N8O/c1-23(2,3)31-18-8-5-13(14-11-27-22(25)28-12-14)9-17(18)30-20(31)19-16(21(32)26-4)7-6-15(10-24)29-19/h5-9,11-12,21,26,32H,1-4H3,(H2,25,27,28). The van der Waals surface area contributed by atoms with Crippen LogP contribution < -0.4 is 11.1 Å². The third kappa shape index (κ3) is 3.77. The summed E-state index contributed by atoms with van der Waals surface area (Å²) in [5.41, 5.74) is 9.89. The number of nitrogens with one attached hydrogen (secondary N) is 1. The van der Waals surface area contributed by atoms with Gasteiger partial charge in [-0.15, -0.1) is 0 Å². The lowest BCUT2D eigenvalue weighted by Gasteiger charge is -2.25. The van der Waals surface area contributed by atoms with Gasteiger partial charge in [-0.25, -0.2) is 19.9 Å². The Kier molecular flexibility index (Phi) is 5.34. The summed E-state index contributed by atoms with van der Waals surface area (Å²) in [6.07, 6.45) is 2.38. The highest BCUT2D eigenvalue weighted by Gasteiger charge is 2.26. The molecule has 0 saturated heterocycles. The Morgan fingerprint density at radius 1 is 1.09 bits per heavy atom. The second-order valence-electron chi connectivity index (χ2n) is 8.41. The van der Waals surface area contributed by atoms with E-state index in [-0.39, 0.29) is 17.2 Å². The maximum atomic E-state index is 10.5. The molecule has 0 aliphatic heterocycles. The molecule has 1 unspecified atom stereocenters. The van der Waals surface area contributed by atoms with Crippen molar-refractivity contribution in [3.63, 3.8) is 0 Å². The molecule has 3 aromatic heterocycles. The first-order valence-corrected chi connectivity index (χ1v) is 10.1. The first-order valence-electron chi connectivity index (χ1n) is 10.1. The highest BCUT2D eigenvalue weighted by molar-refractivity contribution is 5.85. The van der Waals surface area contributed by atoms with Gasteiger partial charge in [0.15, 0.2) is 5.82 Å². The Hall–Kier alpha value is -3.87. The van der Waals surface area contributed by atoms with Crippen LogP contribution in [-0.2, 0) is 5.54 Å². The van der Waals surface area contributed by atoms with E-state index in [1.54, 1.807) is 31.6 Å². The van der Waals surface area contributed by atoms with Gasteiger partial charge in [0.1, 0.15) is 23.7 Å². The molecule has 4 aromatic rings. The Labute approximate surface area is 185 Å². The molecule has 0 radical (unpaired) electrons. The smallest absolute Gasteiger partial charge is 0.219 e. The fourth-order valence-corrected chi connectivity index (χ4v) is 3.67. The molecule has 0 aliphatic rings. The largest absolute Gasteiger partial charge is 0.374 e. The highest BCUT2D eigenvalue weighted by Crippen LogP contribution is 2.35. The summed E-state index contributed by atoms with van der Waals surface area (Å²) in [5.74, 6) is 0.785. The number of nitrogens with two attached hydrogens (primary N) is 1. The number of pyridine rings is 1. The average molecular weight is 429 g/mol. The van der Waals surface area contributed by atoms with Crippen molar-refractivity contribution in [2.45, 2.75) is 32.5 Å². The van der Waals surface area contributed by atoms with Gasteiger partial charge in [0.25, 0.3) is 0 Å². The Morgan fingerprint density at radius 2 is 1.81 bits per heavy atom. The number of aliphatic hydroxyl groups is 1. The molecule has 0 spiro atoms. The molecule has 32 heavy (non-hydrogen) atoms. The van der Waals surface area contributed by atoms with Crippen LogP contribution in [0, 0.1) is 11.3 Å². The van der Waals surface area contributed by atoms with Crippen LogP contribution in [0.25, 0.3) is 33.7 Å². The van der Waals surface area contributed by atoms with Crippen LogP contribution in [0.5, 0.6) is 0 Å². The van der Waals surface area contributed by atoms with Crippen molar-refractivity contribution in [3.05, 3.63) is 54.0 Å². The minimum atomic E-state index is -0.957. The molecule has 0 aliphatic carbocycles. The van der Waals surface area contributed by atoms with Gasteiger partial charge in [-0.05, 0) is 57.6 Å². The Morgan fingerprint density at radius 3 is 2.44 bits per heavy atom. The summed E-state index contributed by atoms with van der Waals surface area (Å²) >= 11 is 0. The molecule has 9 nitrogen and oxygen atoms in total. The summed E-state index contributed by atoms with van der Waals surface area (Å²) in [5, 5.41) is 22.8. The number of hydrogen-bond donors (Lipinski definition) is 3. The number of nitrogen functional groups attached to an aromatic ring is 1. The topological polar surface area (TPSA) is 139 Å². The number of fused-ring (bicyclic) bond motifs is 1. The van der Waals surface area contributed by atoms with Gasteiger partial charge >= 0.3 is 0 Å². The molecule has 0 saturated carbocycles. The zero-order chi connectivity index (χ0) is 23.0. The van der Waals surface area contributed by atoms with Crippen LogP contribution in [0.3, 0.4) is 0 Å². The summed E-state index contributed by atoms with van der Waals surface area (Å²) in [4.78, 5) is 17.5. The number of nitrogens with zero attached hydrogens (tertiary/aromatic N) is 6. The number of hydrogen-bond acceptors (Lipinski definition) is 8. The van der Waals surface area contributed by atoms with E-state index in [1.165, 1.54) is 0 Å². The van der Waals surface area contributed by atoms with Crippen molar-refractivity contribution < 1.29 is 5.11 Å². The molecule has 0 bridgehead atoms. The van der Waals surface area contributed by atoms with E-state index in [4.69, 9.17) is 10.7 Å². The first kappa shape index (κ1) is 21.4. The maximum absolute atomic E-state index is 10.5. The number of aromatic nitrogens is 5. The lowest BCUT2D eigenvalue weighted by atomic mass is 10.1. The number of anilines is 1. The zero-order valence-corrected chi connectivity index (χ0v) is 18.3. The third-order valence-corrected chi connectivity index (χ3v) is 5.15. The monoisotopic (exact) mass is 428 g/mol. The van der Waals surface area contributed by atoms with Gasteiger partial charge in [-0.2, -0.15) is 5.26 Å². The van der Waals surface area contributed by atoms with Crippen LogP contribution in [0.2, 0.25) is 0 Å². The van der Waals surface area contributed by atoms with Crippen molar-refractivity contribution in [3.8, 4) is 28.7 Å². The second-order valence-corrected chi connectivity index (χ2v) is 8.41. The normalized spacial score (nSPS) is 12.6. The molecule has 0 fully saturated rings. The van der Waals surface area contributed by atoms with Gasteiger partial charge in [0.2, 0.25) is 5.95 Å². The van der Waals surface area contributed by atoms with Crippen molar-refractivity contribution in [2.75, 3.05) is 12.8 Å². The third-order valence-electron chi connectivity index (χ3n) is 5.15.